The van der Waals surface area contributed by atoms with Crippen LogP contribution in [0, 0.1) is 36.0 Å². The van der Waals surface area contributed by atoms with E-state index in [1.807, 2.05) is 56.3 Å². The number of rotatable bonds is 5. The second kappa shape index (κ2) is 12.7. The number of thiophene rings is 1. The fraction of sp³-hybridized carbons (Fsp3) is 0.244. The van der Waals surface area contributed by atoms with Gasteiger partial charge in [-0.1, -0.05) is 59.6 Å². The van der Waals surface area contributed by atoms with Crippen LogP contribution in [0.15, 0.2) is 96.6 Å². The van der Waals surface area contributed by atoms with Crippen molar-refractivity contribution in [1.29, 1.82) is 0 Å². The summed E-state index contributed by atoms with van der Waals surface area (Å²) >= 11 is 7.88. The average Bonchev–Trinajstić information content (AvgIpc) is 3.88. The molecule has 11 nitrogen and oxygen atoms in total. The minimum atomic E-state index is -1.33. The van der Waals surface area contributed by atoms with Gasteiger partial charge in [0.05, 0.1) is 39.3 Å². The molecule has 58 heavy (non-hydrogen) atoms. The van der Waals surface area contributed by atoms with Gasteiger partial charge < -0.3 is 10.2 Å². The van der Waals surface area contributed by atoms with Crippen LogP contribution in [-0.2, 0) is 26.2 Å². The number of carboxylic acids is 1. The summed E-state index contributed by atoms with van der Waals surface area (Å²) in [4.78, 5) is 74.2. The molecular formula is C45H35ClN4O7S. The van der Waals surface area contributed by atoms with Crippen molar-refractivity contribution in [3.05, 3.63) is 118 Å². The highest BCUT2D eigenvalue weighted by atomic mass is 35.5. The lowest BCUT2D eigenvalue weighted by atomic mass is 9.51. The molecule has 1 saturated carbocycles. The van der Waals surface area contributed by atoms with E-state index in [0.717, 1.165) is 36.6 Å². The number of phenolic OH excluding ortho intramolecular Hbond substituents is 1. The molecule has 2 aliphatic heterocycles. The molecule has 13 heteroatoms. The number of imide groups is 2. The highest BCUT2D eigenvalue weighted by Crippen LogP contribution is 2.64. The van der Waals surface area contributed by atoms with Gasteiger partial charge in [-0.2, -0.15) is 5.10 Å². The molecule has 6 aromatic rings. The molecule has 290 valence electrons. The Balaban J connectivity index is 1.11. The minimum absolute atomic E-state index is 0.0557. The number of aromatic hydroxyl groups is 1. The highest BCUT2D eigenvalue weighted by Gasteiger charge is 2.68. The number of hydrogen-bond acceptors (Lipinski definition) is 8. The minimum Gasteiger partial charge on any atom is -0.507 e. The molecule has 2 aliphatic carbocycles. The van der Waals surface area contributed by atoms with E-state index >= 15 is 9.59 Å². The van der Waals surface area contributed by atoms with Crippen LogP contribution in [0.5, 0.6) is 5.75 Å². The molecule has 6 unspecified atom stereocenters. The lowest BCUT2D eigenvalue weighted by Crippen LogP contribution is -2.49. The number of carbonyl (C=O) groups excluding carboxylic acids is 4. The fourth-order valence-corrected chi connectivity index (χ4v) is 11.7. The molecule has 4 heterocycles. The molecule has 6 atom stereocenters. The Morgan fingerprint density at radius 1 is 0.879 bits per heavy atom. The number of nitrogens with zero attached hydrogens (tertiary/aromatic N) is 4. The third-order valence-electron chi connectivity index (χ3n) is 13.1. The predicted octanol–water partition coefficient (Wildman–Crippen LogP) is 8.26. The lowest BCUT2D eigenvalue weighted by Gasteiger charge is -2.49. The number of fused-ring (bicyclic) bond motifs is 6. The van der Waals surface area contributed by atoms with E-state index in [1.165, 1.54) is 23.1 Å². The number of carbonyl (C=O) groups is 5. The van der Waals surface area contributed by atoms with Crippen molar-refractivity contribution in [1.82, 2.24) is 9.78 Å². The smallest absolute Gasteiger partial charge is 0.335 e. The number of phenols is 1. The van der Waals surface area contributed by atoms with Crippen molar-refractivity contribution in [2.45, 2.75) is 32.6 Å². The van der Waals surface area contributed by atoms with Gasteiger partial charge in [0.2, 0.25) is 23.6 Å². The van der Waals surface area contributed by atoms with Crippen LogP contribution in [0.1, 0.15) is 47.2 Å². The Kier molecular flexibility index (Phi) is 7.93. The number of aromatic nitrogens is 2. The summed E-state index contributed by atoms with van der Waals surface area (Å²) in [6.07, 6.45) is 2.33. The van der Waals surface area contributed by atoms with Crippen LogP contribution in [0.2, 0.25) is 5.02 Å². The Morgan fingerprint density at radius 2 is 1.66 bits per heavy atom. The summed E-state index contributed by atoms with van der Waals surface area (Å²) in [5.74, 6) is -6.28. The first kappa shape index (κ1) is 36.2. The van der Waals surface area contributed by atoms with Crippen molar-refractivity contribution in [3.8, 4) is 16.3 Å². The second-order valence-corrected chi connectivity index (χ2v) is 17.4. The Bertz CT molecular complexity index is 2900. The molecule has 2 aromatic heterocycles. The van der Waals surface area contributed by atoms with Gasteiger partial charge in [-0.25, -0.2) is 9.69 Å². The summed E-state index contributed by atoms with van der Waals surface area (Å²) in [5.41, 5.74) is 1.90. The zero-order valence-electron chi connectivity index (χ0n) is 31.5. The largest absolute Gasteiger partial charge is 0.507 e. The molecule has 2 saturated heterocycles. The fourth-order valence-electron chi connectivity index (χ4n) is 10.4. The number of carboxylic acid groups (broad SMARTS) is 1. The number of aromatic carboxylic acids is 1. The molecule has 0 spiro atoms. The second-order valence-electron chi connectivity index (χ2n) is 16.0. The standard InChI is InChI=1S/C45H35ClN4O7S/c1-21-30-18-23(46)11-16-35(30)58-39(21)33-20-36(48(3)47-33)50-41(53)32-19-31-28(38(45(32,2)44(50)57)27-14-15-34(51)26-10-5-4-9-25(26)27)12-13-29-37(31)42(54)49(40(29)52)24-8-6-7-22(17-24)43(55)56/h4-12,14-18,20,29,31-32,37-38,51H,13,19H2,1-3H3,(H,55,56). The number of hydrogen-bond donors (Lipinski definition) is 2. The first-order chi connectivity index (χ1) is 27.8. The predicted molar refractivity (Wildman–Crippen MR) is 220 cm³/mol. The monoisotopic (exact) mass is 810 g/mol. The number of halogens is 1. The third-order valence-corrected chi connectivity index (χ3v) is 14.6. The molecule has 0 radical (unpaired) electrons. The lowest BCUT2D eigenvalue weighted by molar-refractivity contribution is -0.131. The number of allylic oxidation sites excluding steroid dienone is 2. The zero-order chi connectivity index (χ0) is 40.5. The first-order valence-electron chi connectivity index (χ1n) is 19.0. The highest BCUT2D eigenvalue weighted by molar-refractivity contribution is 7.22. The normalized spacial score (nSPS) is 25.4. The van der Waals surface area contributed by atoms with Crippen molar-refractivity contribution in [2.24, 2.45) is 36.1 Å². The van der Waals surface area contributed by atoms with Gasteiger partial charge in [0, 0.05) is 34.1 Å². The van der Waals surface area contributed by atoms with E-state index < -0.39 is 64.6 Å². The summed E-state index contributed by atoms with van der Waals surface area (Å²) < 4.78 is 2.58. The van der Waals surface area contributed by atoms with E-state index in [1.54, 1.807) is 53.4 Å². The van der Waals surface area contributed by atoms with Crippen LogP contribution in [0.4, 0.5) is 11.5 Å². The summed E-state index contributed by atoms with van der Waals surface area (Å²) in [6, 6.07) is 24.0. The van der Waals surface area contributed by atoms with Gasteiger partial charge in [0.15, 0.2) is 0 Å². The molecule has 3 fully saturated rings. The average molecular weight is 811 g/mol. The maximum atomic E-state index is 15.3. The molecule has 0 bridgehead atoms. The van der Waals surface area contributed by atoms with Gasteiger partial charge in [0.1, 0.15) is 17.3 Å². The first-order valence-corrected chi connectivity index (χ1v) is 20.2. The van der Waals surface area contributed by atoms with Crippen molar-refractivity contribution in [2.75, 3.05) is 9.80 Å². The molecule has 2 N–H and O–H groups in total. The Hall–Kier alpha value is -6.11. The number of amides is 4. The van der Waals surface area contributed by atoms with Crippen LogP contribution in [0.25, 0.3) is 31.4 Å². The van der Waals surface area contributed by atoms with E-state index in [9.17, 15) is 24.6 Å². The van der Waals surface area contributed by atoms with Gasteiger partial charge in [-0.15, -0.1) is 11.3 Å². The third kappa shape index (κ3) is 4.91. The van der Waals surface area contributed by atoms with Crippen LogP contribution < -0.4 is 9.80 Å². The summed E-state index contributed by atoms with van der Waals surface area (Å²) in [5, 5.41) is 28.4. The maximum absolute atomic E-state index is 15.3. The number of benzene rings is 4. The number of aryl methyl sites for hydroxylation is 2. The van der Waals surface area contributed by atoms with E-state index in [4.69, 9.17) is 16.7 Å². The summed E-state index contributed by atoms with van der Waals surface area (Å²) in [6.45, 7) is 3.82. The van der Waals surface area contributed by atoms with Crippen LogP contribution in [0.3, 0.4) is 0 Å². The zero-order valence-corrected chi connectivity index (χ0v) is 33.0. The van der Waals surface area contributed by atoms with Gasteiger partial charge in [-0.05, 0) is 97.0 Å². The van der Waals surface area contributed by atoms with Crippen LogP contribution in [-0.4, -0.2) is 49.6 Å². The molecule has 4 aromatic carbocycles. The van der Waals surface area contributed by atoms with E-state index in [0.29, 0.717) is 27.3 Å². The van der Waals surface area contributed by atoms with Gasteiger partial charge in [0.25, 0.3) is 0 Å². The maximum Gasteiger partial charge on any atom is 0.335 e. The summed E-state index contributed by atoms with van der Waals surface area (Å²) in [7, 11) is 1.71. The number of anilines is 2. The molecule has 10 rings (SSSR count). The topological polar surface area (TPSA) is 150 Å². The van der Waals surface area contributed by atoms with E-state index in [-0.39, 0.29) is 29.8 Å². The van der Waals surface area contributed by atoms with E-state index in [2.05, 4.69) is 0 Å². The molecule has 4 amide bonds. The van der Waals surface area contributed by atoms with Gasteiger partial charge >= 0.3 is 5.97 Å². The SMILES string of the molecule is Cc1c(-c2cc(N3C(=O)C4CC5C(=CCC6C(=O)N(c7cccc(C(=O)O)c7)C(=O)C65)C(c5ccc(O)c6ccccc56)C4(C)C3=O)n(C)n2)sc2ccc(Cl)cc12. The quantitative estimate of drug-likeness (QED) is 0.131. The van der Waals surface area contributed by atoms with Gasteiger partial charge in [-0.3, -0.25) is 28.8 Å². The molecular weight excluding hydrogens is 776 g/mol. The Labute approximate surface area is 340 Å². The Morgan fingerprint density at radius 3 is 2.43 bits per heavy atom. The van der Waals surface area contributed by atoms with Crippen LogP contribution >= 0.6 is 22.9 Å². The van der Waals surface area contributed by atoms with Crippen molar-refractivity contribution < 1.29 is 34.2 Å². The molecule has 4 aliphatic rings. The van der Waals surface area contributed by atoms with Crippen molar-refractivity contribution >= 4 is 84.9 Å². The van der Waals surface area contributed by atoms with Crippen molar-refractivity contribution in [3.63, 3.8) is 0 Å².